The lowest BCUT2D eigenvalue weighted by atomic mass is 9.84. The maximum absolute atomic E-state index is 12.8. The number of alkyl halides is 3. The van der Waals surface area contributed by atoms with E-state index >= 15 is 0 Å². The zero-order valence-electron chi connectivity index (χ0n) is 15.7. The van der Waals surface area contributed by atoms with Crippen LogP contribution >= 0.6 is 11.3 Å². The van der Waals surface area contributed by atoms with Gasteiger partial charge in [-0.2, -0.15) is 13.2 Å². The summed E-state index contributed by atoms with van der Waals surface area (Å²) >= 11 is 1.51. The number of aryl methyl sites for hydroxylation is 1. The molecular weight excluding hydrogens is 387 g/mol. The summed E-state index contributed by atoms with van der Waals surface area (Å²) in [6, 6.07) is 5.40. The Morgan fingerprint density at radius 1 is 1.32 bits per heavy atom. The van der Waals surface area contributed by atoms with Gasteiger partial charge in [0.25, 0.3) is 0 Å². The van der Waals surface area contributed by atoms with Crippen molar-refractivity contribution in [3.63, 3.8) is 0 Å². The molecule has 0 radical (unpaired) electrons. The van der Waals surface area contributed by atoms with Crippen molar-refractivity contribution in [1.29, 1.82) is 0 Å². The Kier molecular flexibility index (Phi) is 6.72. The van der Waals surface area contributed by atoms with Gasteiger partial charge in [-0.25, -0.2) is 4.98 Å². The molecule has 2 heterocycles. The predicted molar refractivity (Wildman–Crippen MR) is 103 cm³/mol. The molecule has 0 aliphatic carbocycles. The highest BCUT2D eigenvalue weighted by molar-refractivity contribution is 7.07. The first-order valence-electron chi connectivity index (χ1n) is 9.36. The molecule has 2 atom stereocenters. The third-order valence-electron chi connectivity index (χ3n) is 5.24. The molecule has 0 saturated carbocycles. The van der Waals surface area contributed by atoms with Crippen molar-refractivity contribution in [3.8, 4) is 0 Å². The van der Waals surface area contributed by atoms with E-state index in [2.05, 4.69) is 15.2 Å². The third-order valence-corrected chi connectivity index (χ3v) is 5.88. The smallest absolute Gasteiger partial charge is 0.356 e. The molecule has 0 bridgehead atoms. The third kappa shape index (κ3) is 5.32. The number of amides is 1. The summed E-state index contributed by atoms with van der Waals surface area (Å²) in [6.45, 7) is 1.41. The molecule has 4 nitrogen and oxygen atoms in total. The molecule has 1 aliphatic rings. The van der Waals surface area contributed by atoms with E-state index in [0.29, 0.717) is 19.4 Å². The second-order valence-electron chi connectivity index (χ2n) is 7.23. The summed E-state index contributed by atoms with van der Waals surface area (Å²) in [5, 5.41) is 4.94. The van der Waals surface area contributed by atoms with Gasteiger partial charge in [0.2, 0.25) is 5.91 Å². The monoisotopic (exact) mass is 411 g/mol. The minimum absolute atomic E-state index is 0.00475. The first kappa shape index (κ1) is 20.8. The average molecular weight is 411 g/mol. The van der Waals surface area contributed by atoms with Gasteiger partial charge in [0.1, 0.15) is 0 Å². The molecule has 1 amide bonds. The molecule has 1 aromatic carbocycles. The van der Waals surface area contributed by atoms with Crippen molar-refractivity contribution in [2.45, 2.75) is 37.9 Å². The second-order valence-corrected chi connectivity index (χ2v) is 7.95. The van der Waals surface area contributed by atoms with E-state index in [-0.39, 0.29) is 17.9 Å². The predicted octanol–water partition coefficient (Wildman–Crippen LogP) is 4.29. The molecule has 1 aromatic heterocycles. The van der Waals surface area contributed by atoms with Crippen LogP contribution in [0.2, 0.25) is 0 Å². The van der Waals surface area contributed by atoms with Crippen molar-refractivity contribution >= 4 is 17.2 Å². The minimum Gasteiger partial charge on any atom is -0.356 e. The number of nitrogens with one attached hydrogen (secondary N) is 1. The van der Waals surface area contributed by atoms with E-state index in [4.69, 9.17) is 0 Å². The second kappa shape index (κ2) is 9.05. The maximum Gasteiger partial charge on any atom is 0.416 e. The maximum atomic E-state index is 12.8. The Hall–Kier alpha value is -1.93. The van der Waals surface area contributed by atoms with Crippen LogP contribution in [0.25, 0.3) is 0 Å². The number of carbonyl (C=O) groups excluding carboxylic acids is 1. The zero-order chi connectivity index (χ0) is 20.1. The highest BCUT2D eigenvalue weighted by Crippen LogP contribution is 2.36. The SMILES string of the molecule is CN1CCCC(CNC(=O)CCc2cscn2)C1c1ccc(C(F)(F)F)cc1. The van der Waals surface area contributed by atoms with Gasteiger partial charge in [0.05, 0.1) is 16.8 Å². The van der Waals surface area contributed by atoms with E-state index < -0.39 is 11.7 Å². The summed E-state index contributed by atoms with van der Waals surface area (Å²) in [5.41, 5.74) is 2.89. The van der Waals surface area contributed by atoms with E-state index in [9.17, 15) is 18.0 Å². The molecule has 1 saturated heterocycles. The normalized spacial score (nSPS) is 20.9. The number of nitrogens with zero attached hydrogens (tertiary/aromatic N) is 2. The lowest BCUT2D eigenvalue weighted by molar-refractivity contribution is -0.137. The molecule has 28 heavy (non-hydrogen) atoms. The van der Waals surface area contributed by atoms with Gasteiger partial charge in [-0.05, 0) is 56.5 Å². The quantitative estimate of drug-likeness (QED) is 0.771. The van der Waals surface area contributed by atoms with Gasteiger partial charge in [0, 0.05) is 24.4 Å². The summed E-state index contributed by atoms with van der Waals surface area (Å²) in [7, 11) is 1.98. The summed E-state index contributed by atoms with van der Waals surface area (Å²) < 4.78 is 38.5. The van der Waals surface area contributed by atoms with Crippen LogP contribution in [-0.4, -0.2) is 35.9 Å². The largest absolute Gasteiger partial charge is 0.416 e. The number of carbonyl (C=O) groups is 1. The highest BCUT2D eigenvalue weighted by Gasteiger charge is 2.33. The standard InChI is InChI=1S/C20H24F3N3OS/c1-26-10-2-3-15(11-24-18(27)9-8-17-12-28-13-25-17)19(26)14-4-6-16(7-5-14)20(21,22)23/h4-7,12-13,15,19H,2-3,8-11H2,1H3,(H,24,27). The molecule has 152 valence electrons. The number of hydrogen-bond donors (Lipinski definition) is 1. The van der Waals surface area contributed by atoms with Crippen LogP contribution in [0.4, 0.5) is 13.2 Å². The number of thiazole rings is 1. The average Bonchev–Trinajstić information content (AvgIpc) is 3.18. The fourth-order valence-corrected chi connectivity index (χ4v) is 4.40. The van der Waals surface area contributed by atoms with E-state index in [0.717, 1.165) is 42.8 Å². The molecule has 0 spiro atoms. The lowest BCUT2D eigenvalue weighted by Crippen LogP contribution is -2.41. The number of rotatable bonds is 6. The van der Waals surface area contributed by atoms with Crippen molar-refractivity contribution < 1.29 is 18.0 Å². The van der Waals surface area contributed by atoms with Crippen LogP contribution in [-0.2, 0) is 17.4 Å². The number of benzene rings is 1. The molecule has 1 aliphatic heterocycles. The summed E-state index contributed by atoms with van der Waals surface area (Å²) in [6.07, 6.45) is -1.39. The Labute approximate surface area is 166 Å². The van der Waals surface area contributed by atoms with E-state index in [1.165, 1.54) is 11.3 Å². The Morgan fingerprint density at radius 3 is 2.71 bits per heavy atom. The Bertz CT molecular complexity index is 762. The Balaban J connectivity index is 1.61. The number of aromatic nitrogens is 1. The molecule has 3 rings (SSSR count). The fraction of sp³-hybridized carbons (Fsp3) is 0.500. The van der Waals surface area contributed by atoms with Crippen molar-refractivity contribution in [1.82, 2.24) is 15.2 Å². The van der Waals surface area contributed by atoms with Crippen LogP contribution in [0.5, 0.6) is 0 Å². The van der Waals surface area contributed by atoms with Gasteiger partial charge in [0.15, 0.2) is 0 Å². The topological polar surface area (TPSA) is 45.2 Å². The number of likely N-dealkylation sites (tertiary alicyclic amines) is 1. The highest BCUT2D eigenvalue weighted by atomic mass is 32.1. The van der Waals surface area contributed by atoms with Crippen molar-refractivity contribution in [2.24, 2.45) is 5.92 Å². The van der Waals surface area contributed by atoms with Crippen LogP contribution in [0.3, 0.4) is 0 Å². The van der Waals surface area contributed by atoms with Crippen molar-refractivity contribution in [2.75, 3.05) is 20.1 Å². The number of halogens is 3. The van der Waals surface area contributed by atoms with E-state index in [1.807, 2.05) is 12.4 Å². The van der Waals surface area contributed by atoms with Gasteiger partial charge in [-0.15, -0.1) is 11.3 Å². The van der Waals surface area contributed by atoms with Crippen LogP contribution < -0.4 is 5.32 Å². The first-order chi connectivity index (χ1) is 13.3. The Morgan fingerprint density at radius 2 is 2.07 bits per heavy atom. The van der Waals surface area contributed by atoms with Crippen LogP contribution in [0.15, 0.2) is 35.2 Å². The number of hydrogen-bond acceptors (Lipinski definition) is 4. The van der Waals surface area contributed by atoms with Crippen molar-refractivity contribution in [3.05, 3.63) is 52.0 Å². The molecule has 2 unspecified atom stereocenters. The van der Waals surface area contributed by atoms with Crippen LogP contribution in [0.1, 0.15) is 42.1 Å². The molecule has 1 fully saturated rings. The van der Waals surface area contributed by atoms with E-state index in [1.54, 1.807) is 17.6 Å². The van der Waals surface area contributed by atoms with Gasteiger partial charge < -0.3 is 5.32 Å². The summed E-state index contributed by atoms with van der Waals surface area (Å²) in [5.74, 6) is 0.145. The fourth-order valence-electron chi connectivity index (χ4n) is 3.81. The van der Waals surface area contributed by atoms with Crippen LogP contribution in [0, 0.1) is 5.92 Å². The summed E-state index contributed by atoms with van der Waals surface area (Å²) in [4.78, 5) is 18.5. The van der Waals surface area contributed by atoms with Gasteiger partial charge >= 0.3 is 6.18 Å². The molecular formula is C20H24F3N3OS. The lowest BCUT2D eigenvalue weighted by Gasteiger charge is -2.39. The number of piperidine rings is 1. The minimum atomic E-state index is -4.33. The molecule has 2 aromatic rings. The van der Waals surface area contributed by atoms with Gasteiger partial charge in [-0.3, -0.25) is 9.69 Å². The molecule has 8 heteroatoms. The first-order valence-corrected chi connectivity index (χ1v) is 10.3. The van der Waals surface area contributed by atoms with Gasteiger partial charge in [-0.1, -0.05) is 12.1 Å². The zero-order valence-corrected chi connectivity index (χ0v) is 16.5. The molecule has 1 N–H and O–H groups in total.